The van der Waals surface area contributed by atoms with Gasteiger partial charge in [-0.05, 0) is 44.0 Å². The summed E-state index contributed by atoms with van der Waals surface area (Å²) in [6.07, 6.45) is 0.810. The first-order valence-corrected chi connectivity index (χ1v) is 9.08. The van der Waals surface area contributed by atoms with Crippen molar-refractivity contribution in [2.75, 3.05) is 20.8 Å². The van der Waals surface area contributed by atoms with Gasteiger partial charge < -0.3 is 19.1 Å². The van der Waals surface area contributed by atoms with Gasteiger partial charge in [-0.15, -0.1) is 0 Å². The average Bonchev–Trinajstić information content (AvgIpc) is 3.19. The van der Waals surface area contributed by atoms with E-state index in [0.717, 1.165) is 30.5 Å². The molecule has 2 atom stereocenters. The zero-order valence-corrected chi connectivity index (χ0v) is 16.1. The van der Waals surface area contributed by atoms with Crippen molar-refractivity contribution in [3.05, 3.63) is 53.6 Å². The smallest absolute Gasteiger partial charge is 0.263 e. The second kappa shape index (κ2) is 8.46. The lowest BCUT2D eigenvalue weighted by Crippen LogP contribution is -2.40. The molecule has 3 rings (SSSR count). The van der Waals surface area contributed by atoms with Crippen LogP contribution in [0, 0.1) is 11.6 Å². The number of halogens is 2. The summed E-state index contributed by atoms with van der Waals surface area (Å²) in [4.78, 5) is 14.7. The first-order valence-electron chi connectivity index (χ1n) is 9.08. The summed E-state index contributed by atoms with van der Waals surface area (Å²) >= 11 is 0. The summed E-state index contributed by atoms with van der Waals surface area (Å²) < 4.78 is 42.7. The van der Waals surface area contributed by atoms with Crippen LogP contribution >= 0.6 is 0 Å². The molecule has 1 heterocycles. The first kappa shape index (κ1) is 19.9. The van der Waals surface area contributed by atoms with E-state index in [0.29, 0.717) is 18.0 Å². The van der Waals surface area contributed by atoms with Crippen molar-refractivity contribution in [1.82, 2.24) is 4.90 Å². The van der Waals surface area contributed by atoms with Gasteiger partial charge in [0.15, 0.2) is 17.7 Å². The van der Waals surface area contributed by atoms with Crippen molar-refractivity contribution in [1.29, 1.82) is 0 Å². The quantitative estimate of drug-likeness (QED) is 0.744. The van der Waals surface area contributed by atoms with E-state index in [-0.39, 0.29) is 17.7 Å². The van der Waals surface area contributed by atoms with Crippen molar-refractivity contribution < 1.29 is 27.8 Å². The third kappa shape index (κ3) is 4.03. The molecular formula is C21H23F2NO4. The maximum absolute atomic E-state index is 13.4. The SMILES string of the molecule is COc1ccc(C2CCCN2C(=O)C(C)Oc2ccc(F)c(F)c2)c(OC)c1. The topological polar surface area (TPSA) is 48.0 Å². The van der Waals surface area contributed by atoms with Gasteiger partial charge >= 0.3 is 0 Å². The fraction of sp³-hybridized carbons (Fsp3) is 0.381. The summed E-state index contributed by atoms with van der Waals surface area (Å²) in [6, 6.07) is 8.59. The van der Waals surface area contributed by atoms with Gasteiger partial charge in [-0.25, -0.2) is 8.78 Å². The Bertz CT molecular complexity index is 858. The van der Waals surface area contributed by atoms with E-state index in [4.69, 9.17) is 14.2 Å². The number of methoxy groups -OCH3 is 2. The van der Waals surface area contributed by atoms with E-state index < -0.39 is 17.7 Å². The van der Waals surface area contributed by atoms with E-state index in [2.05, 4.69) is 0 Å². The molecule has 0 aromatic heterocycles. The molecule has 0 spiro atoms. The highest BCUT2D eigenvalue weighted by Crippen LogP contribution is 2.39. The van der Waals surface area contributed by atoms with Crippen LogP contribution < -0.4 is 14.2 Å². The highest BCUT2D eigenvalue weighted by atomic mass is 19.2. The van der Waals surface area contributed by atoms with Gasteiger partial charge in [-0.2, -0.15) is 0 Å². The molecule has 1 aliphatic heterocycles. The summed E-state index contributed by atoms with van der Waals surface area (Å²) in [5, 5.41) is 0. The van der Waals surface area contributed by atoms with Gasteiger partial charge in [-0.3, -0.25) is 4.79 Å². The maximum Gasteiger partial charge on any atom is 0.263 e. The maximum atomic E-state index is 13.4. The number of benzene rings is 2. The van der Waals surface area contributed by atoms with Gasteiger partial charge in [-0.1, -0.05) is 0 Å². The Morgan fingerprint density at radius 2 is 1.82 bits per heavy atom. The van der Waals surface area contributed by atoms with Gasteiger partial charge in [0.1, 0.15) is 17.2 Å². The van der Waals surface area contributed by atoms with E-state index in [1.54, 1.807) is 32.1 Å². The number of likely N-dealkylation sites (tertiary alicyclic amines) is 1. The molecule has 1 fully saturated rings. The van der Waals surface area contributed by atoms with Crippen LogP contribution in [0.15, 0.2) is 36.4 Å². The number of carbonyl (C=O) groups excluding carboxylic acids is 1. The number of nitrogens with zero attached hydrogens (tertiary/aromatic N) is 1. The minimum Gasteiger partial charge on any atom is -0.497 e. The van der Waals surface area contributed by atoms with Crippen LogP contribution in [-0.2, 0) is 4.79 Å². The Hall–Kier alpha value is -2.83. The number of carbonyl (C=O) groups is 1. The Morgan fingerprint density at radius 3 is 2.50 bits per heavy atom. The summed E-state index contributed by atoms with van der Waals surface area (Å²) in [5.74, 6) is -0.760. The molecule has 0 radical (unpaired) electrons. The fourth-order valence-electron chi connectivity index (χ4n) is 3.49. The molecule has 1 aliphatic rings. The zero-order chi connectivity index (χ0) is 20.3. The van der Waals surface area contributed by atoms with Gasteiger partial charge in [0.2, 0.25) is 0 Å². The normalized spacial score (nSPS) is 17.3. The molecule has 0 saturated carbocycles. The minimum absolute atomic E-state index is 0.109. The summed E-state index contributed by atoms with van der Waals surface area (Å²) in [6.45, 7) is 2.19. The van der Waals surface area contributed by atoms with Gasteiger partial charge in [0.25, 0.3) is 5.91 Å². The predicted molar refractivity (Wildman–Crippen MR) is 99.7 cm³/mol. The molecule has 5 nitrogen and oxygen atoms in total. The molecule has 0 bridgehead atoms. The second-order valence-corrected chi connectivity index (χ2v) is 6.63. The highest BCUT2D eigenvalue weighted by Gasteiger charge is 2.35. The van der Waals surface area contributed by atoms with Gasteiger partial charge in [0, 0.05) is 24.2 Å². The highest BCUT2D eigenvalue weighted by molar-refractivity contribution is 5.81. The number of amides is 1. The van der Waals surface area contributed by atoms with Crippen LogP contribution in [0.5, 0.6) is 17.2 Å². The predicted octanol–water partition coefficient (Wildman–Crippen LogP) is 4.11. The van der Waals surface area contributed by atoms with E-state index in [1.807, 2.05) is 12.1 Å². The lowest BCUT2D eigenvalue weighted by Gasteiger charge is -2.29. The molecule has 1 saturated heterocycles. The van der Waals surface area contributed by atoms with Crippen molar-refractivity contribution in [2.45, 2.75) is 31.9 Å². The van der Waals surface area contributed by atoms with Crippen molar-refractivity contribution in [3.8, 4) is 17.2 Å². The third-order valence-electron chi connectivity index (χ3n) is 4.89. The number of rotatable bonds is 6. The molecule has 1 amide bonds. The molecule has 0 aliphatic carbocycles. The van der Waals surface area contributed by atoms with Gasteiger partial charge in [0.05, 0.1) is 20.3 Å². The zero-order valence-electron chi connectivity index (χ0n) is 16.1. The van der Waals surface area contributed by atoms with Crippen molar-refractivity contribution >= 4 is 5.91 Å². The first-order chi connectivity index (χ1) is 13.4. The Morgan fingerprint density at radius 1 is 1.07 bits per heavy atom. The lowest BCUT2D eigenvalue weighted by molar-refractivity contribution is -0.139. The number of ether oxygens (including phenoxy) is 3. The van der Waals surface area contributed by atoms with Crippen LogP contribution in [0.1, 0.15) is 31.4 Å². The van der Waals surface area contributed by atoms with Crippen molar-refractivity contribution in [3.63, 3.8) is 0 Å². The largest absolute Gasteiger partial charge is 0.497 e. The second-order valence-electron chi connectivity index (χ2n) is 6.63. The van der Waals surface area contributed by atoms with E-state index in [1.165, 1.54) is 6.07 Å². The summed E-state index contributed by atoms with van der Waals surface area (Å²) in [7, 11) is 3.16. The number of hydrogen-bond donors (Lipinski definition) is 0. The Kier molecular flexibility index (Phi) is 6.02. The Labute approximate surface area is 162 Å². The van der Waals surface area contributed by atoms with E-state index >= 15 is 0 Å². The minimum atomic E-state index is -1.01. The molecule has 150 valence electrons. The Balaban J connectivity index is 1.78. The van der Waals surface area contributed by atoms with Crippen LogP contribution in [0.3, 0.4) is 0 Å². The molecule has 2 aromatic carbocycles. The van der Waals surface area contributed by atoms with E-state index in [9.17, 15) is 13.6 Å². The molecular weight excluding hydrogens is 368 g/mol. The summed E-state index contributed by atoms with van der Waals surface area (Å²) in [5.41, 5.74) is 0.897. The molecule has 2 aromatic rings. The van der Waals surface area contributed by atoms with Crippen LogP contribution in [0.4, 0.5) is 8.78 Å². The molecule has 0 N–H and O–H groups in total. The molecule has 7 heteroatoms. The monoisotopic (exact) mass is 391 g/mol. The third-order valence-corrected chi connectivity index (χ3v) is 4.89. The van der Waals surface area contributed by atoms with Crippen LogP contribution in [0.2, 0.25) is 0 Å². The standard InChI is InChI=1S/C21H23F2NO4/c1-13(28-15-7-9-17(22)18(23)11-15)21(25)24-10-4-5-19(24)16-8-6-14(26-2)12-20(16)27-3/h6-9,11-13,19H,4-5,10H2,1-3H3. The molecule has 2 unspecified atom stereocenters. The lowest BCUT2D eigenvalue weighted by atomic mass is 10.0. The fourth-order valence-corrected chi connectivity index (χ4v) is 3.49. The number of hydrogen-bond acceptors (Lipinski definition) is 4. The van der Waals surface area contributed by atoms with Crippen LogP contribution in [0.25, 0.3) is 0 Å². The van der Waals surface area contributed by atoms with Crippen LogP contribution in [-0.4, -0.2) is 37.7 Å². The van der Waals surface area contributed by atoms with Crippen molar-refractivity contribution in [2.24, 2.45) is 0 Å². The average molecular weight is 391 g/mol. The molecule has 28 heavy (non-hydrogen) atoms.